The quantitative estimate of drug-likeness (QED) is 0.775. The molecule has 0 fully saturated rings. The predicted molar refractivity (Wildman–Crippen MR) is 90.6 cm³/mol. The van der Waals surface area contributed by atoms with Crippen LogP contribution in [0.1, 0.15) is 17.5 Å². The summed E-state index contributed by atoms with van der Waals surface area (Å²) in [5.74, 6) is -0.0243. The molecule has 2 aromatic carbocycles. The van der Waals surface area contributed by atoms with Crippen LogP contribution in [-0.4, -0.2) is 10.9 Å². The molecule has 0 saturated carbocycles. The molecular weight excluding hydrogens is 296 g/mol. The second-order valence-corrected chi connectivity index (χ2v) is 6.28. The number of hydrogen-bond acceptors (Lipinski definition) is 3. The van der Waals surface area contributed by atoms with Crippen molar-refractivity contribution in [2.24, 2.45) is 0 Å². The van der Waals surface area contributed by atoms with Gasteiger partial charge in [-0.2, -0.15) is 0 Å². The number of aryl methyl sites for hydroxylation is 2. The molecule has 4 nitrogen and oxygen atoms in total. The summed E-state index contributed by atoms with van der Waals surface area (Å²) in [4.78, 5) is 26.0. The van der Waals surface area contributed by atoms with Gasteiger partial charge in [-0.25, -0.2) is 0 Å². The molecule has 0 radical (unpaired) electrons. The molecule has 5 heteroatoms. The van der Waals surface area contributed by atoms with Gasteiger partial charge >= 0.3 is 4.87 Å². The maximum atomic E-state index is 12.0. The molecule has 0 aliphatic rings. The molecule has 1 amide bonds. The van der Waals surface area contributed by atoms with Crippen molar-refractivity contribution in [3.63, 3.8) is 0 Å². The van der Waals surface area contributed by atoms with Crippen LogP contribution in [0.3, 0.4) is 0 Å². The first-order valence-corrected chi connectivity index (χ1v) is 7.90. The highest BCUT2D eigenvalue weighted by atomic mass is 32.1. The standard InChI is InChI=1S/C17H16N2O2S/c1-11-3-2-4-12(9-11)5-8-16(20)18-13-6-7-14-15(10-13)22-17(21)19-14/h2-4,6-7,9-10H,5,8H2,1H3,(H,18,20)(H,19,21). The van der Waals surface area contributed by atoms with Gasteiger partial charge in [0, 0.05) is 12.1 Å². The van der Waals surface area contributed by atoms with Crippen molar-refractivity contribution in [3.05, 3.63) is 63.3 Å². The van der Waals surface area contributed by atoms with E-state index in [-0.39, 0.29) is 10.8 Å². The Morgan fingerprint density at radius 2 is 2.09 bits per heavy atom. The zero-order valence-electron chi connectivity index (χ0n) is 12.2. The van der Waals surface area contributed by atoms with Gasteiger partial charge in [0.25, 0.3) is 0 Å². The maximum absolute atomic E-state index is 12.0. The van der Waals surface area contributed by atoms with Crippen LogP contribution >= 0.6 is 11.3 Å². The van der Waals surface area contributed by atoms with Gasteiger partial charge in [0.05, 0.1) is 10.2 Å². The average molecular weight is 312 g/mol. The van der Waals surface area contributed by atoms with Crippen LogP contribution in [-0.2, 0) is 11.2 Å². The van der Waals surface area contributed by atoms with E-state index in [1.807, 2.05) is 37.3 Å². The van der Waals surface area contributed by atoms with Crippen LogP contribution < -0.4 is 10.2 Å². The first kappa shape index (κ1) is 14.5. The van der Waals surface area contributed by atoms with E-state index < -0.39 is 0 Å². The van der Waals surface area contributed by atoms with E-state index in [4.69, 9.17) is 0 Å². The molecule has 0 aliphatic carbocycles. The molecule has 2 N–H and O–H groups in total. The highest BCUT2D eigenvalue weighted by Gasteiger charge is 2.05. The van der Waals surface area contributed by atoms with Crippen LogP contribution in [0.25, 0.3) is 10.2 Å². The normalized spacial score (nSPS) is 10.8. The molecule has 0 atom stereocenters. The van der Waals surface area contributed by atoms with Gasteiger partial charge < -0.3 is 10.3 Å². The number of aromatic amines is 1. The molecule has 112 valence electrons. The Kier molecular flexibility index (Phi) is 4.06. The number of amides is 1. The average Bonchev–Trinajstić information content (AvgIpc) is 2.84. The van der Waals surface area contributed by atoms with Crippen molar-refractivity contribution in [2.75, 3.05) is 5.32 Å². The minimum absolute atomic E-state index is 0.0243. The van der Waals surface area contributed by atoms with Crippen LogP contribution in [0.4, 0.5) is 5.69 Å². The van der Waals surface area contributed by atoms with Gasteiger partial charge in [0.2, 0.25) is 5.91 Å². The van der Waals surface area contributed by atoms with E-state index >= 15 is 0 Å². The number of carbonyl (C=O) groups is 1. The number of rotatable bonds is 4. The van der Waals surface area contributed by atoms with Crippen LogP contribution in [0.2, 0.25) is 0 Å². The maximum Gasteiger partial charge on any atom is 0.305 e. The molecule has 0 spiro atoms. The second-order valence-electron chi connectivity index (χ2n) is 5.26. The molecule has 0 aliphatic heterocycles. The minimum Gasteiger partial charge on any atom is -0.326 e. The number of carbonyl (C=O) groups excluding carboxylic acids is 1. The monoisotopic (exact) mass is 312 g/mol. The third-order valence-corrected chi connectivity index (χ3v) is 4.27. The van der Waals surface area contributed by atoms with Gasteiger partial charge in [0.1, 0.15) is 0 Å². The summed E-state index contributed by atoms with van der Waals surface area (Å²) < 4.78 is 0.849. The highest BCUT2D eigenvalue weighted by Crippen LogP contribution is 2.19. The number of anilines is 1. The minimum atomic E-state index is -0.0853. The topological polar surface area (TPSA) is 62.0 Å². The number of nitrogens with one attached hydrogen (secondary N) is 2. The lowest BCUT2D eigenvalue weighted by Gasteiger charge is -2.06. The summed E-state index contributed by atoms with van der Waals surface area (Å²) in [6, 6.07) is 13.6. The largest absolute Gasteiger partial charge is 0.326 e. The number of H-pyrrole nitrogens is 1. The van der Waals surface area contributed by atoms with E-state index in [0.717, 1.165) is 32.8 Å². The zero-order valence-corrected chi connectivity index (χ0v) is 13.0. The van der Waals surface area contributed by atoms with Crippen LogP contribution in [0.5, 0.6) is 0 Å². The molecule has 22 heavy (non-hydrogen) atoms. The Bertz CT molecular complexity index is 879. The summed E-state index contributed by atoms with van der Waals surface area (Å²) in [5, 5.41) is 2.88. The number of fused-ring (bicyclic) bond motifs is 1. The Balaban J connectivity index is 1.64. The molecular formula is C17H16N2O2S. The molecule has 3 rings (SSSR count). The smallest absolute Gasteiger partial charge is 0.305 e. The lowest BCUT2D eigenvalue weighted by Crippen LogP contribution is -2.12. The molecule has 0 bridgehead atoms. The fraction of sp³-hybridized carbons (Fsp3) is 0.176. The summed E-state index contributed by atoms with van der Waals surface area (Å²) in [6.45, 7) is 2.04. The molecule has 1 aromatic heterocycles. The summed E-state index contributed by atoms with van der Waals surface area (Å²) in [6.07, 6.45) is 1.15. The van der Waals surface area contributed by atoms with Crippen molar-refractivity contribution >= 4 is 33.1 Å². The Morgan fingerprint density at radius 3 is 2.91 bits per heavy atom. The molecule has 0 saturated heterocycles. The van der Waals surface area contributed by atoms with Crippen molar-refractivity contribution in [2.45, 2.75) is 19.8 Å². The summed E-state index contributed by atoms with van der Waals surface area (Å²) in [5.41, 5.74) is 3.88. The fourth-order valence-corrected chi connectivity index (χ4v) is 3.15. The predicted octanol–water partition coefficient (Wildman–Crippen LogP) is 3.47. The Hall–Kier alpha value is -2.40. The van der Waals surface area contributed by atoms with Crippen molar-refractivity contribution in [1.82, 2.24) is 4.98 Å². The van der Waals surface area contributed by atoms with Crippen LogP contribution in [0.15, 0.2) is 47.3 Å². The van der Waals surface area contributed by atoms with Gasteiger partial charge in [-0.3, -0.25) is 9.59 Å². The van der Waals surface area contributed by atoms with E-state index in [9.17, 15) is 9.59 Å². The molecule has 3 aromatic rings. The van der Waals surface area contributed by atoms with Gasteiger partial charge in [-0.15, -0.1) is 0 Å². The zero-order chi connectivity index (χ0) is 15.5. The number of hydrogen-bond donors (Lipinski definition) is 2. The van der Waals surface area contributed by atoms with Crippen molar-refractivity contribution in [1.29, 1.82) is 0 Å². The third kappa shape index (κ3) is 3.43. The van der Waals surface area contributed by atoms with E-state index in [1.165, 1.54) is 5.56 Å². The fourth-order valence-electron chi connectivity index (χ4n) is 2.37. The Labute approximate surface area is 131 Å². The Morgan fingerprint density at radius 1 is 1.23 bits per heavy atom. The van der Waals surface area contributed by atoms with E-state index in [1.54, 1.807) is 6.07 Å². The van der Waals surface area contributed by atoms with Gasteiger partial charge in [-0.1, -0.05) is 41.2 Å². The lowest BCUT2D eigenvalue weighted by molar-refractivity contribution is -0.116. The number of aromatic nitrogens is 1. The number of thiazole rings is 1. The number of benzene rings is 2. The summed E-state index contributed by atoms with van der Waals surface area (Å²) in [7, 11) is 0. The highest BCUT2D eigenvalue weighted by molar-refractivity contribution is 7.16. The van der Waals surface area contributed by atoms with Crippen molar-refractivity contribution < 1.29 is 4.79 Å². The van der Waals surface area contributed by atoms with Crippen molar-refractivity contribution in [3.8, 4) is 0 Å². The lowest BCUT2D eigenvalue weighted by atomic mass is 10.1. The van der Waals surface area contributed by atoms with Gasteiger partial charge in [-0.05, 0) is 37.1 Å². The first-order chi connectivity index (χ1) is 10.6. The second kappa shape index (κ2) is 6.15. The first-order valence-electron chi connectivity index (χ1n) is 7.08. The summed E-state index contributed by atoms with van der Waals surface area (Å²) >= 11 is 1.14. The van der Waals surface area contributed by atoms with Gasteiger partial charge in [0.15, 0.2) is 0 Å². The third-order valence-electron chi connectivity index (χ3n) is 3.43. The molecule has 0 unspecified atom stereocenters. The van der Waals surface area contributed by atoms with Crippen LogP contribution in [0, 0.1) is 6.92 Å². The molecule has 1 heterocycles. The SMILES string of the molecule is Cc1cccc(CCC(=O)Nc2ccc3[nH]c(=O)sc3c2)c1. The van der Waals surface area contributed by atoms with E-state index in [2.05, 4.69) is 16.4 Å². The van der Waals surface area contributed by atoms with E-state index in [0.29, 0.717) is 12.8 Å².